The number of carbonyl (C=O) groups is 4. The summed E-state index contributed by atoms with van der Waals surface area (Å²) >= 11 is 0. The van der Waals surface area contributed by atoms with E-state index < -0.39 is 56.9 Å². The molecule has 0 aliphatic carbocycles. The Hall–Kier alpha value is -3.42. The Morgan fingerprint density at radius 1 is 0.545 bits per heavy atom. The van der Waals surface area contributed by atoms with E-state index in [2.05, 4.69) is 0 Å². The maximum absolute atomic E-state index is 11.3. The Balaban J connectivity index is 0.00000264. The van der Waals surface area contributed by atoms with Gasteiger partial charge in [0.1, 0.15) is 0 Å². The van der Waals surface area contributed by atoms with Gasteiger partial charge in [-0.05, 0) is 24.3 Å². The Morgan fingerprint density at radius 2 is 0.727 bits per heavy atom. The normalized spacial score (nSPS) is 10.4. The molecule has 2 aromatic rings. The van der Waals surface area contributed by atoms with E-state index in [1.807, 2.05) is 0 Å². The highest BCUT2D eigenvalue weighted by atomic mass is 16.4. The fraction of sp³-hybridized carbons (Fsp3) is 0. The van der Waals surface area contributed by atoms with Crippen molar-refractivity contribution in [1.82, 2.24) is 0 Å². The third-order valence-corrected chi connectivity index (χ3v) is 3.08. The van der Waals surface area contributed by atoms with Crippen molar-refractivity contribution in [2.24, 2.45) is 0 Å². The molecule has 0 saturated heterocycles. The SMILES string of the molecule is O=C(O)c1ccc(C(=O)O)c2c(C(=O)O)ccc(C(=O)O)c12.[HH].[HH]. The fourth-order valence-corrected chi connectivity index (χ4v) is 2.21. The van der Waals surface area contributed by atoms with Crippen LogP contribution in [0.5, 0.6) is 0 Å². The number of hydrogen-bond donors (Lipinski definition) is 4. The highest BCUT2D eigenvalue weighted by Crippen LogP contribution is 2.30. The molecule has 0 aliphatic heterocycles. The zero-order valence-electron chi connectivity index (χ0n) is 10.7. The standard InChI is InChI=1S/C14H8O8.2H2/c15-11(16)5-1-2-6(12(17)18)10-8(14(21)22)4-3-7(9(5)10)13(19)20;;/h1-4H,(H,15,16)(H,17,18)(H,19,20)(H,21,22);2*1H. The third kappa shape index (κ3) is 2.22. The number of aromatic carboxylic acids is 4. The molecule has 0 saturated carbocycles. The number of fused-ring (bicyclic) bond motifs is 1. The molecule has 4 N–H and O–H groups in total. The van der Waals surface area contributed by atoms with Crippen LogP contribution in [-0.2, 0) is 0 Å². The van der Waals surface area contributed by atoms with E-state index in [9.17, 15) is 19.2 Å². The van der Waals surface area contributed by atoms with Gasteiger partial charge in [0.25, 0.3) is 0 Å². The summed E-state index contributed by atoms with van der Waals surface area (Å²) in [5, 5.41) is 35.8. The second-order valence-corrected chi connectivity index (χ2v) is 4.29. The van der Waals surface area contributed by atoms with Crippen molar-refractivity contribution in [2.75, 3.05) is 0 Å². The van der Waals surface area contributed by atoms with Crippen molar-refractivity contribution in [1.29, 1.82) is 0 Å². The average Bonchev–Trinajstić information content (AvgIpc) is 2.43. The predicted molar refractivity (Wildman–Crippen MR) is 76.0 cm³/mol. The summed E-state index contributed by atoms with van der Waals surface area (Å²) in [5.41, 5.74) is -1.94. The number of benzene rings is 2. The van der Waals surface area contributed by atoms with Gasteiger partial charge in [0.15, 0.2) is 0 Å². The van der Waals surface area contributed by atoms with Crippen LogP contribution in [0, 0.1) is 0 Å². The molecule has 0 aromatic heterocycles. The molecule has 8 nitrogen and oxygen atoms in total. The molecule has 2 aromatic carbocycles. The van der Waals surface area contributed by atoms with Gasteiger partial charge in [0, 0.05) is 13.6 Å². The van der Waals surface area contributed by atoms with Gasteiger partial charge in [-0.1, -0.05) is 0 Å². The summed E-state index contributed by atoms with van der Waals surface area (Å²) in [4.78, 5) is 45.1. The van der Waals surface area contributed by atoms with E-state index in [-0.39, 0.29) is 2.85 Å². The lowest BCUT2D eigenvalue weighted by molar-refractivity contribution is 0.0675. The first-order valence-corrected chi connectivity index (χ1v) is 5.78. The summed E-state index contributed by atoms with van der Waals surface area (Å²) in [6.07, 6.45) is 0. The van der Waals surface area contributed by atoms with Gasteiger partial charge in [-0.25, -0.2) is 19.2 Å². The van der Waals surface area contributed by atoms with Gasteiger partial charge >= 0.3 is 23.9 Å². The molecule has 0 spiro atoms. The summed E-state index contributed by atoms with van der Waals surface area (Å²) in [6.45, 7) is 0. The molecule has 116 valence electrons. The van der Waals surface area contributed by atoms with Crippen LogP contribution in [0.2, 0.25) is 0 Å². The van der Waals surface area contributed by atoms with Gasteiger partial charge in [-0.3, -0.25) is 0 Å². The van der Waals surface area contributed by atoms with E-state index in [1.165, 1.54) is 0 Å². The number of rotatable bonds is 4. The molecular formula is C14H12O8. The topological polar surface area (TPSA) is 149 Å². The van der Waals surface area contributed by atoms with Crippen molar-refractivity contribution in [2.45, 2.75) is 0 Å². The first-order chi connectivity index (χ1) is 10.3. The van der Waals surface area contributed by atoms with Crippen LogP contribution in [0.1, 0.15) is 44.3 Å². The highest BCUT2D eigenvalue weighted by molar-refractivity contribution is 6.21. The van der Waals surface area contributed by atoms with E-state index in [0.29, 0.717) is 0 Å². The van der Waals surface area contributed by atoms with Crippen LogP contribution in [-0.4, -0.2) is 44.3 Å². The molecule has 0 amide bonds. The highest BCUT2D eigenvalue weighted by Gasteiger charge is 2.24. The van der Waals surface area contributed by atoms with E-state index >= 15 is 0 Å². The lowest BCUT2D eigenvalue weighted by Gasteiger charge is -2.11. The minimum atomic E-state index is -1.49. The maximum atomic E-state index is 11.3. The molecule has 0 unspecified atom stereocenters. The lowest BCUT2D eigenvalue weighted by atomic mass is 9.91. The predicted octanol–water partition coefficient (Wildman–Crippen LogP) is 2.12. The van der Waals surface area contributed by atoms with Crippen LogP contribution in [0.15, 0.2) is 24.3 Å². The second kappa shape index (κ2) is 5.17. The number of hydrogen-bond acceptors (Lipinski definition) is 4. The molecule has 0 radical (unpaired) electrons. The van der Waals surface area contributed by atoms with E-state index in [0.717, 1.165) is 24.3 Å². The molecule has 0 fully saturated rings. The molecule has 0 atom stereocenters. The zero-order chi connectivity index (χ0) is 16.6. The summed E-state index contributed by atoms with van der Waals surface area (Å²) in [6, 6.07) is 3.75. The van der Waals surface area contributed by atoms with Gasteiger partial charge in [-0.2, -0.15) is 0 Å². The molecule has 0 bridgehead atoms. The number of carboxylic acids is 4. The molecular weight excluding hydrogens is 296 g/mol. The molecule has 0 heterocycles. The second-order valence-electron chi connectivity index (χ2n) is 4.29. The minimum Gasteiger partial charge on any atom is -0.478 e. The summed E-state index contributed by atoms with van der Waals surface area (Å²) in [7, 11) is 0. The number of carboxylic acid groups (broad SMARTS) is 4. The van der Waals surface area contributed by atoms with Crippen LogP contribution in [0.25, 0.3) is 10.8 Å². The maximum Gasteiger partial charge on any atom is 0.336 e. The van der Waals surface area contributed by atoms with Crippen LogP contribution < -0.4 is 0 Å². The van der Waals surface area contributed by atoms with E-state index in [1.54, 1.807) is 0 Å². The Labute approximate surface area is 124 Å². The van der Waals surface area contributed by atoms with Crippen LogP contribution in [0.4, 0.5) is 0 Å². The first-order valence-electron chi connectivity index (χ1n) is 5.78. The first kappa shape index (κ1) is 15.0. The van der Waals surface area contributed by atoms with Crippen molar-refractivity contribution < 1.29 is 42.5 Å². The molecule has 8 heteroatoms. The van der Waals surface area contributed by atoms with Gasteiger partial charge in [0.05, 0.1) is 22.3 Å². The summed E-state index contributed by atoms with van der Waals surface area (Å²) in [5.74, 6) is -5.97. The Bertz CT molecular complexity index is 722. The van der Waals surface area contributed by atoms with Crippen LogP contribution >= 0.6 is 0 Å². The van der Waals surface area contributed by atoms with Crippen molar-refractivity contribution in [3.8, 4) is 0 Å². The minimum absolute atomic E-state index is 0. The quantitative estimate of drug-likeness (QED) is 0.670. The molecule has 22 heavy (non-hydrogen) atoms. The van der Waals surface area contributed by atoms with Gasteiger partial charge in [-0.15, -0.1) is 0 Å². The lowest BCUT2D eigenvalue weighted by Crippen LogP contribution is -2.11. The fourth-order valence-electron chi connectivity index (χ4n) is 2.21. The third-order valence-electron chi connectivity index (χ3n) is 3.08. The zero-order valence-corrected chi connectivity index (χ0v) is 10.7. The van der Waals surface area contributed by atoms with E-state index in [4.69, 9.17) is 20.4 Å². The molecule has 0 aliphatic rings. The Morgan fingerprint density at radius 3 is 0.864 bits per heavy atom. The summed E-state index contributed by atoms with van der Waals surface area (Å²) < 4.78 is 0. The van der Waals surface area contributed by atoms with Gasteiger partial charge in [0.2, 0.25) is 0 Å². The van der Waals surface area contributed by atoms with Crippen LogP contribution in [0.3, 0.4) is 0 Å². The Kier molecular flexibility index (Phi) is 3.52. The largest absolute Gasteiger partial charge is 0.478 e. The van der Waals surface area contributed by atoms with Crippen molar-refractivity contribution >= 4 is 34.6 Å². The monoisotopic (exact) mass is 308 g/mol. The van der Waals surface area contributed by atoms with Crippen molar-refractivity contribution in [3.05, 3.63) is 46.5 Å². The smallest absolute Gasteiger partial charge is 0.336 e. The van der Waals surface area contributed by atoms with Crippen molar-refractivity contribution in [3.63, 3.8) is 0 Å². The molecule has 2 rings (SSSR count). The average molecular weight is 308 g/mol. The van der Waals surface area contributed by atoms with Gasteiger partial charge < -0.3 is 20.4 Å².